The van der Waals surface area contributed by atoms with Crippen LogP contribution in [0.25, 0.3) is 0 Å². The van der Waals surface area contributed by atoms with Crippen molar-refractivity contribution in [2.24, 2.45) is 5.73 Å². The number of hydrogen-bond donors (Lipinski definition) is 2. The maximum atomic E-state index is 11.4. The summed E-state index contributed by atoms with van der Waals surface area (Å²) < 4.78 is 0. The maximum Gasteiger partial charge on any atom is 0.236 e. The SMILES string of the molecule is C[C@H](N)C(=O)NCC1(N(C)C)CCCC1. The quantitative estimate of drug-likeness (QED) is 0.707. The Balaban J connectivity index is 2.50. The number of amides is 1. The lowest BCUT2D eigenvalue weighted by atomic mass is 9.96. The highest BCUT2D eigenvalue weighted by Crippen LogP contribution is 2.32. The van der Waals surface area contributed by atoms with E-state index in [2.05, 4.69) is 24.3 Å². The first-order valence-electron chi connectivity index (χ1n) is 5.69. The highest BCUT2D eigenvalue weighted by molar-refractivity contribution is 5.81. The normalized spacial score (nSPS) is 21.7. The molecule has 15 heavy (non-hydrogen) atoms. The van der Waals surface area contributed by atoms with Crippen LogP contribution in [0.3, 0.4) is 0 Å². The van der Waals surface area contributed by atoms with E-state index in [1.807, 2.05) is 0 Å². The average Bonchev–Trinajstić information content (AvgIpc) is 2.63. The summed E-state index contributed by atoms with van der Waals surface area (Å²) in [5.41, 5.74) is 5.67. The van der Waals surface area contributed by atoms with Gasteiger partial charge < -0.3 is 16.0 Å². The minimum Gasteiger partial charge on any atom is -0.353 e. The molecule has 88 valence electrons. The molecule has 4 nitrogen and oxygen atoms in total. The molecule has 1 amide bonds. The number of nitrogens with one attached hydrogen (secondary N) is 1. The van der Waals surface area contributed by atoms with E-state index >= 15 is 0 Å². The summed E-state index contributed by atoms with van der Waals surface area (Å²) in [5.74, 6) is -0.0527. The number of carbonyl (C=O) groups excluding carboxylic acids is 1. The van der Waals surface area contributed by atoms with Crippen molar-refractivity contribution in [2.75, 3.05) is 20.6 Å². The predicted molar refractivity (Wildman–Crippen MR) is 61.5 cm³/mol. The summed E-state index contributed by atoms with van der Waals surface area (Å²) in [4.78, 5) is 13.6. The first-order chi connectivity index (χ1) is 6.98. The van der Waals surface area contributed by atoms with Gasteiger partial charge in [0.2, 0.25) is 5.91 Å². The molecule has 3 N–H and O–H groups in total. The molecule has 4 heteroatoms. The Kier molecular flexibility index (Phi) is 4.11. The van der Waals surface area contributed by atoms with Gasteiger partial charge in [0.1, 0.15) is 0 Å². The molecule has 0 radical (unpaired) electrons. The molecule has 1 atom stereocenters. The van der Waals surface area contributed by atoms with Gasteiger partial charge in [0, 0.05) is 12.1 Å². The van der Waals surface area contributed by atoms with Gasteiger partial charge in [0.25, 0.3) is 0 Å². The summed E-state index contributed by atoms with van der Waals surface area (Å²) in [7, 11) is 4.17. The van der Waals surface area contributed by atoms with Crippen molar-refractivity contribution in [3.63, 3.8) is 0 Å². The van der Waals surface area contributed by atoms with E-state index in [4.69, 9.17) is 5.73 Å². The minimum absolute atomic E-state index is 0.0527. The van der Waals surface area contributed by atoms with E-state index in [0.29, 0.717) is 0 Å². The maximum absolute atomic E-state index is 11.4. The molecule has 0 aromatic carbocycles. The summed E-state index contributed by atoms with van der Waals surface area (Å²) in [5, 5.41) is 2.94. The van der Waals surface area contributed by atoms with Crippen LogP contribution in [-0.2, 0) is 4.79 Å². The Morgan fingerprint density at radius 3 is 2.40 bits per heavy atom. The molecule has 1 aliphatic rings. The summed E-state index contributed by atoms with van der Waals surface area (Å²) in [6.45, 7) is 2.44. The van der Waals surface area contributed by atoms with Gasteiger partial charge in [-0.15, -0.1) is 0 Å². The number of likely N-dealkylation sites (N-methyl/N-ethyl adjacent to an activating group) is 1. The molecular formula is C11H23N3O. The number of nitrogens with two attached hydrogens (primary N) is 1. The molecule has 1 fully saturated rings. The molecule has 0 heterocycles. The van der Waals surface area contributed by atoms with Crippen molar-refractivity contribution in [2.45, 2.75) is 44.2 Å². The molecule has 1 saturated carbocycles. The second-order valence-electron chi connectivity index (χ2n) is 4.83. The van der Waals surface area contributed by atoms with E-state index in [0.717, 1.165) is 6.54 Å². The number of rotatable bonds is 4. The lowest BCUT2D eigenvalue weighted by Gasteiger charge is -2.36. The zero-order chi connectivity index (χ0) is 11.5. The van der Waals surface area contributed by atoms with Crippen molar-refractivity contribution in [1.29, 1.82) is 0 Å². The summed E-state index contributed by atoms with van der Waals surface area (Å²) in [6.07, 6.45) is 4.84. The fourth-order valence-electron chi connectivity index (χ4n) is 2.23. The predicted octanol–water partition coefficient (Wildman–Crippen LogP) is 0.324. The van der Waals surface area contributed by atoms with Gasteiger partial charge in [0.05, 0.1) is 6.04 Å². The van der Waals surface area contributed by atoms with Crippen molar-refractivity contribution < 1.29 is 4.79 Å². The van der Waals surface area contributed by atoms with Gasteiger partial charge in [-0.05, 0) is 33.9 Å². The van der Waals surface area contributed by atoms with Crippen molar-refractivity contribution >= 4 is 5.91 Å². The van der Waals surface area contributed by atoms with Gasteiger partial charge in [0.15, 0.2) is 0 Å². The fourth-order valence-corrected chi connectivity index (χ4v) is 2.23. The van der Waals surface area contributed by atoms with Gasteiger partial charge in [-0.3, -0.25) is 4.79 Å². The number of carbonyl (C=O) groups is 1. The van der Waals surface area contributed by atoms with E-state index < -0.39 is 6.04 Å². The topological polar surface area (TPSA) is 58.4 Å². The lowest BCUT2D eigenvalue weighted by Crippen LogP contribution is -2.52. The first kappa shape index (κ1) is 12.5. The smallest absolute Gasteiger partial charge is 0.236 e. The molecule has 0 saturated heterocycles. The van der Waals surface area contributed by atoms with Crippen molar-refractivity contribution in [1.82, 2.24) is 10.2 Å². The zero-order valence-electron chi connectivity index (χ0n) is 10.0. The van der Waals surface area contributed by atoms with E-state index in [-0.39, 0.29) is 11.4 Å². The van der Waals surface area contributed by atoms with Crippen LogP contribution in [0.2, 0.25) is 0 Å². The van der Waals surface area contributed by atoms with Gasteiger partial charge in [-0.2, -0.15) is 0 Å². The molecule has 0 unspecified atom stereocenters. The van der Waals surface area contributed by atoms with Crippen LogP contribution in [-0.4, -0.2) is 43.0 Å². The highest BCUT2D eigenvalue weighted by atomic mass is 16.2. The van der Waals surface area contributed by atoms with Crippen LogP contribution in [0.1, 0.15) is 32.6 Å². The Labute approximate surface area is 92.2 Å². The lowest BCUT2D eigenvalue weighted by molar-refractivity contribution is -0.122. The molecule has 0 aliphatic heterocycles. The Morgan fingerprint density at radius 2 is 2.00 bits per heavy atom. The van der Waals surface area contributed by atoms with E-state index in [9.17, 15) is 4.79 Å². The fraction of sp³-hybridized carbons (Fsp3) is 0.909. The van der Waals surface area contributed by atoms with Crippen LogP contribution in [0.15, 0.2) is 0 Å². The number of nitrogens with zero attached hydrogens (tertiary/aromatic N) is 1. The third kappa shape index (κ3) is 2.92. The van der Waals surface area contributed by atoms with E-state index in [1.54, 1.807) is 6.92 Å². The average molecular weight is 213 g/mol. The van der Waals surface area contributed by atoms with Crippen LogP contribution in [0, 0.1) is 0 Å². The van der Waals surface area contributed by atoms with Crippen LogP contribution < -0.4 is 11.1 Å². The van der Waals surface area contributed by atoms with Gasteiger partial charge in [-0.1, -0.05) is 12.8 Å². The number of hydrogen-bond acceptors (Lipinski definition) is 3. The molecule has 0 aromatic heterocycles. The Bertz CT molecular complexity index is 220. The largest absolute Gasteiger partial charge is 0.353 e. The van der Waals surface area contributed by atoms with Crippen molar-refractivity contribution in [3.05, 3.63) is 0 Å². The minimum atomic E-state index is -0.411. The monoisotopic (exact) mass is 213 g/mol. The Morgan fingerprint density at radius 1 is 1.47 bits per heavy atom. The molecule has 1 aliphatic carbocycles. The molecule has 0 spiro atoms. The molecule has 0 bridgehead atoms. The molecule has 0 aromatic rings. The standard InChI is InChI=1S/C11H23N3O/c1-9(12)10(15)13-8-11(14(2)3)6-4-5-7-11/h9H,4-8,12H2,1-3H3,(H,13,15)/t9-/m0/s1. The van der Waals surface area contributed by atoms with Gasteiger partial charge >= 0.3 is 0 Å². The van der Waals surface area contributed by atoms with E-state index in [1.165, 1.54) is 25.7 Å². The third-order valence-electron chi connectivity index (χ3n) is 3.49. The van der Waals surface area contributed by atoms with Crippen LogP contribution in [0.4, 0.5) is 0 Å². The van der Waals surface area contributed by atoms with Crippen LogP contribution >= 0.6 is 0 Å². The second kappa shape index (κ2) is 4.94. The van der Waals surface area contributed by atoms with Gasteiger partial charge in [-0.25, -0.2) is 0 Å². The summed E-state index contributed by atoms with van der Waals surface area (Å²) in [6, 6.07) is -0.411. The molecular weight excluding hydrogens is 190 g/mol. The Hall–Kier alpha value is -0.610. The summed E-state index contributed by atoms with van der Waals surface area (Å²) >= 11 is 0. The van der Waals surface area contributed by atoms with Crippen LogP contribution in [0.5, 0.6) is 0 Å². The second-order valence-corrected chi connectivity index (χ2v) is 4.83. The highest BCUT2D eigenvalue weighted by Gasteiger charge is 2.36. The molecule has 1 rings (SSSR count). The zero-order valence-corrected chi connectivity index (χ0v) is 10.0. The third-order valence-corrected chi connectivity index (χ3v) is 3.49. The van der Waals surface area contributed by atoms with Crippen molar-refractivity contribution in [3.8, 4) is 0 Å². The first-order valence-corrected chi connectivity index (χ1v) is 5.69.